The molecule has 0 amide bonds. The number of aromatic amines is 1. The highest BCUT2D eigenvalue weighted by molar-refractivity contribution is 5.68. The molecule has 0 aliphatic heterocycles. The number of nitrogens with one attached hydrogen (secondary N) is 1. The molecule has 0 aliphatic carbocycles. The van der Waals surface area contributed by atoms with Gasteiger partial charge < -0.3 is 9.72 Å². The Morgan fingerprint density at radius 2 is 1.71 bits per heavy atom. The molecule has 0 radical (unpaired) electrons. The van der Waals surface area contributed by atoms with Gasteiger partial charge in [0.2, 0.25) is 0 Å². The van der Waals surface area contributed by atoms with Crippen LogP contribution in [0.25, 0.3) is 12.2 Å². The Kier molecular flexibility index (Phi) is 5.58. The van der Waals surface area contributed by atoms with E-state index in [-0.39, 0.29) is 17.0 Å². The molecule has 2 nitrogen and oxygen atoms in total. The fraction of sp³-hybridized carbons (Fsp3) is 0.333. The van der Waals surface area contributed by atoms with E-state index in [0.717, 1.165) is 0 Å². The van der Waals surface area contributed by atoms with Gasteiger partial charge >= 0.3 is 6.36 Å². The molecule has 5 heteroatoms. The van der Waals surface area contributed by atoms with Gasteiger partial charge in [-0.25, -0.2) is 0 Å². The second-order valence-corrected chi connectivity index (χ2v) is 2.86. The van der Waals surface area contributed by atoms with Crippen LogP contribution < -0.4 is 4.74 Å². The predicted octanol–water partition coefficient (Wildman–Crippen LogP) is 4.53. The summed E-state index contributed by atoms with van der Waals surface area (Å²) in [5, 5.41) is 0. The molecule has 0 aromatic carbocycles. The Morgan fingerprint density at radius 1 is 1.18 bits per heavy atom. The summed E-state index contributed by atoms with van der Waals surface area (Å²) in [5.41, 5.74) is 1.01. The summed E-state index contributed by atoms with van der Waals surface area (Å²) < 4.78 is 40.1. The number of aromatic nitrogens is 1. The van der Waals surface area contributed by atoms with Crippen molar-refractivity contribution in [1.29, 1.82) is 0 Å². The predicted molar refractivity (Wildman–Crippen MR) is 63.7 cm³/mol. The number of hydrogen-bond acceptors (Lipinski definition) is 1. The smallest absolute Gasteiger partial charge is 0.403 e. The summed E-state index contributed by atoms with van der Waals surface area (Å²) in [6.45, 7) is 12.4. The first-order valence-corrected chi connectivity index (χ1v) is 5.12. The number of aryl methyl sites for hydroxylation is 1. The molecular weight excluding hydrogens is 231 g/mol. The van der Waals surface area contributed by atoms with Crippen molar-refractivity contribution in [2.24, 2.45) is 0 Å². The van der Waals surface area contributed by atoms with Crippen LogP contribution in [0.5, 0.6) is 5.75 Å². The van der Waals surface area contributed by atoms with Gasteiger partial charge in [-0.1, -0.05) is 33.1 Å². The van der Waals surface area contributed by atoms with Crippen LogP contribution in [-0.4, -0.2) is 11.3 Å². The summed E-state index contributed by atoms with van der Waals surface area (Å²) in [5.74, 6) is -0.257. The van der Waals surface area contributed by atoms with Crippen molar-refractivity contribution in [1.82, 2.24) is 4.98 Å². The molecular formula is C12H16F3NO. The van der Waals surface area contributed by atoms with E-state index in [1.54, 1.807) is 0 Å². The van der Waals surface area contributed by atoms with Crippen molar-refractivity contribution in [3.8, 4) is 5.75 Å². The molecule has 0 aliphatic rings. The average molecular weight is 247 g/mol. The second kappa shape index (κ2) is 6.18. The van der Waals surface area contributed by atoms with Crippen LogP contribution in [0, 0.1) is 6.92 Å². The molecule has 96 valence electrons. The van der Waals surface area contributed by atoms with Gasteiger partial charge in [0, 0.05) is 11.3 Å². The first kappa shape index (κ1) is 15.3. The van der Waals surface area contributed by atoms with Gasteiger partial charge in [0.15, 0.2) is 5.75 Å². The minimum atomic E-state index is -4.71. The molecule has 0 atom stereocenters. The SMILES string of the molecule is C=Cc1[nH]c(C)c(OC(F)(F)F)c1C=C.CC. The standard InChI is InChI=1S/C10H10F3NO.C2H6/c1-4-7-8(5-2)14-6(3)9(7)15-10(11,12)13;1-2/h4-5,14H,1-2H2,3H3;1-2H3. The highest BCUT2D eigenvalue weighted by Crippen LogP contribution is 2.33. The second-order valence-electron chi connectivity index (χ2n) is 2.86. The number of ether oxygens (including phenoxy) is 1. The van der Waals surface area contributed by atoms with Crippen LogP contribution in [0.15, 0.2) is 13.2 Å². The summed E-state index contributed by atoms with van der Waals surface area (Å²) in [4.78, 5) is 2.72. The summed E-state index contributed by atoms with van der Waals surface area (Å²) in [6.07, 6.45) is -2.00. The number of H-pyrrole nitrogens is 1. The molecule has 1 aromatic rings. The fourth-order valence-electron chi connectivity index (χ4n) is 1.26. The summed E-state index contributed by atoms with van der Waals surface area (Å²) in [6, 6.07) is 0. The van der Waals surface area contributed by atoms with Crippen molar-refractivity contribution >= 4 is 12.2 Å². The molecule has 0 saturated carbocycles. The van der Waals surface area contributed by atoms with E-state index >= 15 is 0 Å². The maximum Gasteiger partial charge on any atom is 0.573 e. The lowest BCUT2D eigenvalue weighted by molar-refractivity contribution is -0.274. The van der Waals surface area contributed by atoms with Gasteiger partial charge in [-0.2, -0.15) is 0 Å². The average Bonchev–Trinajstić information content (AvgIpc) is 2.56. The first-order chi connectivity index (χ1) is 7.89. The van der Waals surface area contributed by atoms with Crippen LogP contribution in [0.1, 0.15) is 30.8 Å². The Morgan fingerprint density at radius 3 is 2.06 bits per heavy atom. The molecule has 17 heavy (non-hydrogen) atoms. The Balaban J connectivity index is 0.00000121. The minimum Gasteiger partial charge on any atom is -0.403 e. The Bertz CT molecular complexity index is 391. The van der Waals surface area contributed by atoms with Crippen LogP contribution in [0.2, 0.25) is 0 Å². The topological polar surface area (TPSA) is 25.0 Å². The summed E-state index contributed by atoms with van der Waals surface area (Å²) >= 11 is 0. The quantitative estimate of drug-likeness (QED) is 0.833. The van der Waals surface area contributed by atoms with E-state index in [1.165, 1.54) is 19.1 Å². The highest BCUT2D eigenvalue weighted by Gasteiger charge is 2.33. The monoisotopic (exact) mass is 247 g/mol. The van der Waals surface area contributed by atoms with E-state index in [1.807, 2.05) is 13.8 Å². The van der Waals surface area contributed by atoms with Crippen LogP contribution >= 0.6 is 0 Å². The largest absolute Gasteiger partial charge is 0.573 e. The van der Waals surface area contributed by atoms with Crippen molar-refractivity contribution < 1.29 is 17.9 Å². The molecule has 0 spiro atoms. The van der Waals surface area contributed by atoms with Crippen LogP contribution in [-0.2, 0) is 0 Å². The van der Waals surface area contributed by atoms with Gasteiger partial charge in [0.1, 0.15) is 0 Å². The fourth-order valence-corrected chi connectivity index (χ4v) is 1.26. The lowest BCUT2D eigenvalue weighted by Crippen LogP contribution is -2.17. The van der Waals surface area contributed by atoms with Crippen LogP contribution in [0.4, 0.5) is 13.2 Å². The zero-order chi connectivity index (χ0) is 13.6. The minimum absolute atomic E-state index is 0.257. The third-order valence-corrected chi connectivity index (χ3v) is 1.82. The molecule has 1 heterocycles. The molecule has 0 fully saturated rings. The molecule has 1 N–H and O–H groups in total. The molecule has 0 saturated heterocycles. The molecule has 1 rings (SSSR count). The van der Waals surface area contributed by atoms with Crippen LogP contribution in [0.3, 0.4) is 0 Å². The number of hydrogen-bond donors (Lipinski definition) is 1. The zero-order valence-electron chi connectivity index (χ0n) is 10.1. The lowest BCUT2D eigenvalue weighted by Gasteiger charge is -2.09. The maximum atomic E-state index is 12.1. The number of halogens is 3. The van der Waals surface area contributed by atoms with Crippen molar-refractivity contribution in [2.75, 3.05) is 0 Å². The van der Waals surface area contributed by atoms with Crippen molar-refractivity contribution in [3.05, 3.63) is 30.1 Å². The van der Waals surface area contributed by atoms with Gasteiger partial charge in [-0.05, 0) is 13.0 Å². The summed E-state index contributed by atoms with van der Waals surface area (Å²) in [7, 11) is 0. The van der Waals surface area contributed by atoms with Gasteiger partial charge in [0.25, 0.3) is 0 Å². The number of rotatable bonds is 3. The number of alkyl halides is 3. The third kappa shape index (κ3) is 4.01. The van der Waals surface area contributed by atoms with E-state index in [0.29, 0.717) is 5.69 Å². The van der Waals surface area contributed by atoms with Crippen molar-refractivity contribution in [3.63, 3.8) is 0 Å². The van der Waals surface area contributed by atoms with E-state index < -0.39 is 6.36 Å². The molecule has 1 aromatic heterocycles. The van der Waals surface area contributed by atoms with Gasteiger partial charge in [-0.3, -0.25) is 0 Å². The highest BCUT2D eigenvalue weighted by atomic mass is 19.4. The van der Waals surface area contributed by atoms with Crippen molar-refractivity contribution in [2.45, 2.75) is 27.1 Å². The Labute approximate surface area is 98.8 Å². The lowest BCUT2D eigenvalue weighted by atomic mass is 10.2. The zero-order valence-corrected chi connectivity index (χ0v) is 10.1. The molecule has 0 bridgehead atoms. The van der Waals surface area contributed by atoms with E-state index in [2.05, 4.69) is 22.9 Å². The first-order valence-electron chi connectivity index (χ1n) is 5.12. The molecule has 0 unspecified atom stereocenters. The van der Waals surface area contributed by atoms with Gasteiger partial charge in [-0.15, -0.1) is 13.2 Å². The third-order valence-electron chi connectivity index (χ3n) is 1.82. The van der Waals surface area contributed by atoms with E-state index in [9.17, 15) is 13.2 Å². The van der Waals surface area contributed by atoms with Gasteiger partial charge in [0.05, 0.1) is 5.69 Å². The maximum absolute atomic E-state index is 12.1. The van der Waals surface area contributed by atoms with E-state index in [4.69, 9.17) is 0 Å². The Hall–Kier alpha value is -1.65. The normalized spacial score (nSPS) is 10.2.